The van der Waals surface area contributed by atoms with E-state index in [0.717, 1.165) is 54.5 Å². The summed E-state index contributed by atoms with van der Waals surface area (Å²) < 4.78 is 60.4. The number of hydrogen-bond donors (Lipinski definition) is 1. The van der Waals surface area contributed by atoms with Crippen molar-refractivity contribution < 1.29 is 31.9 Å². The van der Waals surface area contributed by atoms with Crippen molar-refractivity contribution in [2.75, 3.05) is 19.7 Å². The Kier molecular flexibility index (Phi) is 9.75. The number of rotatable bonds is 10. The molecule has 0 radical (unpaired) electrons. The molecule has 47 heavy (non-hydrogen) atoms. The van der Waals surface area contributed by atoms with E-state index in [0.29, 0.717) is 47.5 Å². The lowest BCUT2D eigenvalue weighted by atomic mass is 9.82. The first-order valence-electron chi connectivity index (χ1n) is 15.8. The predicted molar refractivity (Wildman–Crippen MR) is 174 cm³/mol. The number of carbonyl (C=O) groups excluding carboxylic acids is 2. The van der Waals surface area contributed by atoms with E-state index in [9.17, 15) is 27.2 Å². The SMILES string of the molecule is CC(=O)N1CC2CC(c3ccc(CCCOc4cc(F)ccc4Br)cc3)=C(C(=O)N(Cc3cccc(C(F)(F)F)c3)C3CC3)[C@@H](C1)N2. The summed E-state index contributed by atoms with van der Waals surface area (Å²) in [5, 5.41) is 3.55. The maximum absolute atomic E-state index is 14.5. The van der Waals surface area contributed by atoms with Gasteiger partial charge in [-0.05, 0) is 94.6 Å². The topological polar surface area (TPSA) is 61.9 Å². The van der Waals surface area contributed by atoms with Gasteiger partial charge in [0.05, 0.1) is 22.7 Å². The first kappa shape index (κ1) is 33.2. The van der Waals surface area contributed by atoms with Crippen LogP contribution in [0.25, 0.3) is 5.57 Å². The Hall–Kier alpha value is -3.70. The number of ether oxygens (including phenoxy) is 1. The van der Waals surface area contributed by atoms with Crippen molar-refractivity contribution in [3.8, 4) is 5.75 Å². The van der Waals surface area contributed by atoms with Gasteiger partial charge in [-0.1, -0.05) is 36.4 Å². The van der Waals surface area contributed by atoms with Gasteiger partial charge in [-0.15, -0.1) is 0 Å². The van der Waals surface area contributed by atoms with Crippen molar-refractivity contribution in [3.63, 3.8) is 0 Å². The van der Waals surface area contributed by atoms with Crippen LogP contribution in [0.15, 0.2) is 76.8 Å². The number of nitrogens with one attached hydrogen (secondary N) is 1. The molecule has 2 fully saturated rings. The van der Waals surface area contributed by atoms with Crippen LogP contribution in [0.4, 0.5) is 17.6 Å². The Morgan fingerprint density at radius 1 is 1.02 bits per heavy atom. The Morgan fingerprint density at radius 2 is 1.79 bits per heavy atom. The highest BCUT2D eigenvalue weighted by Crippen LogP contribution is 2.38. The third-order valence-corrected chi connectivity index (χ3v) is 9.65. The second-order valence-corrected chi connectivity index (χ2v) is 13.4. The molecule has 3 aromatic rings. The zero-order valence-corrected chi connectivity index (χ0v) is 27.5. The average Bonchev–Trinajstić information content (AvgIpc) is 3.88. The number of piperazine rings is 1. The van der Waals surface area contributed by atoms with E-state index >= 15 is 0 Å². The summed E-state index contributed by atoms with van der Waals surface area (Å²) in [6, 6.07) is 17.1. The molecule has 1 saturated heterocycles. The molecule has 2 heterocycles. The van der Waals surface area contributed by atoms with Crippen LogP contribution in [-0.2, 0) is 28.7 Å². The van der Waals surface area contributed by atoms with Crippen LogP contribution >= 0.6 is 15.9 Å². The van der Waals surface area contributed by atoms with Crippen LogP contribution in [0.3, 0.4) is 0 Å². The lowest BCUT2D eigenvalue weighted by Gasteiger charge is -2.44. The molecule has 0 aromatic heterocycles. The molecule has 6 nitrogen and oxygen atoms in total. The number of alkyl halides is 3. The number of nitrogens with zero attached hydrogens (tertiary/aromatic N) is 2. The van der Waals surface area contributed by atoms with Crippen LogP contribution in [0, 0.1) is 5.82 Å². The zero-order valence-electron chi connectivity index (χ0n) is 26.0. The monoisotopic (exact) mass is 713 g/mol. The maximum Gasteiger partial charge on any atom is 0.416 e. The highest BCUT2D eigenvalue weighted by molar-refractivity contribution is 9.10. The molecule has 3 aromatic carbocycles. The fraction of sp³-hybridized carbons (Fsp3) is 0.389. The molecule has 2 atom stereocenters. The fourth-order valence-corrected chi connectivity index (χ4v) is 6.85. The number of halogens is 5. The van der Waals surface area contributed by atoms with Crippen molar-refractivity contribution in [1.82, 2.24) is 15.1 Å². The summed E-state index contributed by atoms with van der Waals surface area (Å²) in [4.78, 5) is 30.4. The van der Waals surface area contributed by atoms with E-state index in [-0.39, 0.29) is 36.3 Å². The molecule has 1 saturated carbocycles. The van der Waals surface area contributed by atoms with E-state index in [2.05, 4.69) is 21.2 Å². The van der Waals surface area contributed by atoms with Crippen LogP contribution in [0.5, 0.6) is 5.75 Å². The van der Waals surface area contributed by atoms with Gasteiger partial charge in [0.25, 0.3) is 5.91 Å². The van der Waals surface area contributed by atoms with Gasteiger partial charge in [0.1, 0.15) is 11.6 Å². The number of hydrogen-bond acceptors (Lipinski definition) is 4. The Morgan fingerprint density at radius 3 is 2.49 bits per heavy atom. The molecule has 1 N–H and O–H groups in total. The van der Waals surface area contributed by atoms with Gasteiger partial charge in [0.15, 0.2) is 0 Å². The minimum absolute atomic E-state index is 0.0268. The summed E-state index contributed by atoms with van der Waals surface area (Å²) in [5.41, 5.74) is 3.18. The Bertz CT molecular complexity index is 1670. The third kappa shape index (κ3) is 7.89. The first-order valence-corrected chi connectivity index (χ1v) is 16.6. The number of benzene rings is 3. The molecule has 2 bridgehead atoms. The molecule has 2 amide bonds. The highest BCUT2D eigenvalue weighted by Gasteiger charge is 2.43. The van der Waals surface area contributed by atoms with Crippen LogP contribution in [0.1, 0.15) is 54.9 Å². The molecule has 2 aliphatic heterocycles. The summed E-state index contributed by atoms with van der Waals surface area (Å²) in [6.07, 6.45) is -0.887. The molecule has 3 aliphatic rings. The number of aryl methyl sites for hydroxylation is 1. The Labute approximate surface area is 279 Å². The van der Waals surface area contributed by atoms with E-state index < -0.39 is 17.8 Å². The number of amides is 2. The summed E-state index contributed by atoms with van der Waals surface area (Å²) in [6.45, 7) is 2.89. The molecule has 6 rings (SSSR count). The lowest BCUT2D eigenvalue weighted by Crippen LogP contribution is -2.61. The normalized spacial score (nSPS) is 19.5. The smallest absolute Gasteiger partial charge is 0.416 e. The van der Waals surface area contributed by atoms with Crippen molar-refractivity contribution in [2.24, 2.45) is 0 Å². The van der Waals surface area contributed by atoms with Crippen molar-refractivity contribution in [3.05, 3.63) is 105 Å². The lowest BCUT2D eigenvalue weighted by molar-refractivity contribution is -0.137. The predicted octanol–water partition coefficient (Wildman–Crippen LogP) is 7.16. The largest absolute Gasteiger partial charge is 0.492 e. The highest BCUT2D eigenvalue weighted by atomic mass is 79.9. The molecule has 0 spiro atoms. The number of carbonyl (C=O) groups is 2. The van der Waals surface area contributed by atoms with Crippen molar-refractivity contribution >= 4 is 33.3 Å². The second-order valence-electron chi connectivity index (χ2n) is 12.5. The quantitative estimate of drug-likeness (QED) is 0.179. The van der Waals surface area contributed by atoms with E-state index in [1.165, 1.54) is 25.1 Å². The van der Waals surface area contributed by atoms with Gasteiger partial charge in [0, 0.05) is 50.3 Å². The minimum Gasteiger partial charge on any atom is -0.492 e. The first-order chi connectivity index (χ1) is 22.5. The van der Waals surface area contributed by atoms with Crippen LogP contribution in [-0.4, -0.2) is 59.4 Å². The van der Waals surface area contributed by atoms with E-state index in [1.54, 1.807) is 21.9 Å². The summed E-state index contributed by atoms with van der Waals surface area (Å²) in [5.74, 6) is -0.167. The van der Waals surface area contributed by atoms with Gasteiger partial charge >= 0.3 is 6.18 Å². The minimum atomic E-state index is -4.47. The van der Waals surface area contributed by atoms with Crippen LogP contribution < -0.4 is 10.1 Å². The standard InChI is InChI=1S/C36H36BrF4N3O3/c1-22(45)43-20-28-18-30(25-9-7-23(8-10-25)5-3-15-47-33-17-27(38)11-14-31(33)37)34(32(21-43)42-28)35(46)44(29-12-13-29)19-24-4-2-6-26(16-24)36(39,40)41/h2,4,6-11,14,16-17,28-29,32,42H,3,5,12-13,15,18-21H2,1H3/t28?,32-/m1/s1. The van der Waals surface area contributed by atoms with Gasteiger partial charge in [-0.3, -0.25) is 9.59 Å². The maximum atomic E-state index is 14.5. The molecular formula is C36H36BrF4N3O3. The molecular weight excluding hydrogens is 678 g/mol. The average molecular weight is 715 g/mol. The fourth-order valence-electron chi connectivity index (χ4n) is 6.49. The van der Waals surface area contributed by atoms with Gasteiger partial charge in [-0.25, -0.2) is 4.39 Å². The molecule has 11 heteroatoms. The molecule has 248 valence electrons. The van der Waals surface area contributed by atoms with Crippen LogP contribution in [0.2, 0.25) is 0 Å². The zero-order chi connectivity index (χ0) is 33.3. The number of fused-ring (bicyclic) bond motifs is 2. The van der Waals surface area contributed by atoms with Gasteiger partial charge in [-0.2, -0.15) is 13.2 Å². The summed E-state index contributed by atoms with van der Waals surface area (Å²) >= 11 is 3.37. The van der Waals surface area contributed by atoms with Crippen molar-refractivity contribution in [1.29, 1.82) is 0 Å². The summed E-state index contributed by atoms with van der Waals surface area (Å²) in [7, 11) is 0. The molecule has 1 aliphatic carbocycles. The molecule has 1 unspecified atom stereocenters. The van der Waals surface area contributed by atoms with Gasteiger partial charge in [0.2, 0.25) is 5.91 Å². The Balaban J connectivity index is 1.24. The third-order valence-electron chi connectivity index (χ3n) is 9.00. The van der Waals surface area contributed by atoms with E-state index in [4.69, 9.17) is 4.74 Å². The van der Waals surface area contributed by atoms with E-state index in [1.807, 2.05) is 24.3 Å². The second kappa shape index (κ2) is 13.8. The van der Waals surface area contributed by atoms with Gasteiger partial charge < -0.3 is 19.9 Å². The van der Waals surface area contributed by atoms with Crippen molar-refractivity contribution in [2.45, 2.75) is 69.9 Å².